The summed E-state index contributed by atoms with van der Waals surface area (Å²) in [6.07, 6.45) is 5.09. The van der Waals surface area contributed by atoms with E-state index in [1.807, 2.05) is 23.5 Å². The monoisotopic (exact) mass is 594 g/mol. The lowest BCUT2D eigenvalue weighted by atomic mass is 9.99. The number of rotatable bonds is 9. The Kier molecular flexibility index (Phi) is 10.2. The number of halogens is 2. The van der Waals surface area contributed by atoms with Crippen LogP contribution in [0.2, 0.25) is 0 Å². The van der Waals surface area contributed by atoms with Gasteiger partial charge in [0, 0.05) is 28.0 Å². The lowest BCUT2D eigenvalue weighted by Gasteiger charge is -2.15. The number of H-pyrrole nitrogens is 1. The molecule has 3 aromatic carbocycles. The molecule has 40 heavy (non-hydrogen) atoms. The maximum Gasteiger partial charge on any atom is 0.276 e. The highest BCUT2D eigenvalue weighted by atomic mass is 35.5. The van der Waals surface area contributed by atoms with Gasteiger partial charge in [0.15, 0.2) is 0 Å². The van der Waals surface area contributed by atoms with Gasteiger partial charge in [-0.3, -0.25) is 14.8 Å². The zero-order valence-corrected chi connectivity index (χ0v) is 24.4. The van der Waals surface area contributed by atoms with Crippen molar-refractivity contribution >= 4 is 57.8 Å². The molecule has 0 unspecified atom stereocenters. The van der Waals surface area contributed by atoms with Crippen molar-refractivity contribution in [2.24, 2.45) is 0 Å². The Morgan fingerprint density at radius 3 is 2.42 bits per heavy atom. The average Bonchev–Trinajstić information content (AvgIpc) is 3.73. The molecule has 0 atom stereocenters. The highest BCUT2D eigenvalue weighted by Crippen LogP contribution is 2.40. The molecule has 6 rings (SSSR count). The Balaban J connectivity index is 0.00000185. The van der Waals surface area contributed by atoms with E-state index in [1.165, 1.54) is 52.0 Å². The van der Waals surface area contributed by atoms with Crippen LogP contribution in [0.3, 0.4) is 0 Å². The van der Waals surface area contributed by atoms with Gasteiger partial charge in [0.1, 0.15) is 18.1 Å². The second kappa shape index (κ2) is 13.8. The molecule has 1 saturated heterocycles. The molecule has 2 N–H and O–H groups in total. The van der Waals surface area contributed by atoms with Crippen LogP contribution in [0.1, 0.15) is 34.5 Å². The summed E-state index contributed by atoms with van der Waals surface area (Å²) in [6.45, 7) is 4.12. The number of aromatic amines is 1. The number of thiophene rings is 1. The number of likely N-dealkylation sites (tertiary alicyclic amines) is 1. The van der Waals surface area contributed by atoms with E-state index in [-0.39, 0.29) is 30.7 Å². The van der Waals surface area contributed by atoms with Gasteiger partial charge in [-0.25, -0.2) is 0 Å². The van der Waals surface area contributed by atoms with Gasteiger partial charge in [0.05, 0.1) is 0 Å². The average molecular weight is 596 g/mol. The molecule has 9 heteroatoms. The lowest BCUT2D eigenvalue weighted by molar-refractivity contribution is 0.102. The topological polar surface area (TPSA) is 70.2 Å². The fraction of sp³-hybridized carbons (Fsp3) is 0.226. The summed E-state index contributed by atoms with van der Waals surface area (Å²) in [5, 5.41) is 10.8. The number of anilines is 1. The van der Waals surface area contributed by atoms with E-state index in [0.717, 1.165) is 36.6 Å². The first-order valence-electron chi connectivity index (χ1n) is 13.1. The van der Waals surface area contributed by atoms with E-state index in [9.17, 15) is 4.79 Å². The van der Waals surface area contributed by atoms with Gasteiger partial charge in [0.2, 0.25) is 0 Å². The molecule has 3 heterocycles. The minimum absolute atomic E-state index is 0. The number of nitrogens with zero attached hydrogens (tertiary/aromatic N) is 2. The first-order chi connectivity index (χ1) is 18.7. The molecule has 1 amide bonds. The maximum absolute atomic E-state index is 12.3. The van der Waals surface area contributed by atoms with E-state index in [2.05, 4.69) is 81.1 Å². The SMILES string of the molecule is Cl.Cl.O=C(Nc1ccc(-c2sc3ccccc3c2Cc2ccc(OCCN3CCCC3)cc2)cc1)c1cc[nH]n1. The van der Waals surface area contributed by atoms with Crippen molar-refractivity contribution < 1.29 is 9.53 Å². The second-order valence-corrected chi connectivity index (χ2v) is 10.7. The zero-order chi connectivity index (χ0) is 25.7. The molecule has 1 aliphatic rings. The largest absolute Gasteiger partial charge is 0.492 e. The number of nitrogens with one attached hydrogen (secondary N) is 2. The molecular formula is C31H32Cl2N4O2S. The van der Waals surface area contributed by atoms with Crippen LogP contribution in [0.15, 0.2) is 85.1 Å². The number of amides is 1. The maximum atomic E-state index is 12.3. The van der Waals surface area contributed by atoms with Gasteiger partial charge in [-0.15, -0.1) is 36.2 Å². The first-order valence-corrected chi connectivity index (χ1v) is 13.9. The first kappa shape index (κ1) is 29.6. The molecule has 208 valence electrons. The molecule has 5 aromatic rings. The second-order valence-electron chi connectivity index (χ2n) is 9.61. The summed E-state index contributed by atoms with van der Waals surface area (Å²) in [6, 6.07) is 26.8. The van der Waals surface area contributed by atoms with Crippen LogP contribution in [0.5, 0.6) is 5.75 Å². The highest BCUT2D eigenvalue weighted by Gasteiger charge is 2.16. The van der Waals surface area contributed by atoms with Crippen molar-refractivity contribution in [3.05, 3.63) is 102 Å². The Hall–Kier alpha value is -3.36. The van der Waals surface area contributed by atoms with Crippen molar-refractivity contribution in [2.75, 3.05) is 31.6 Å². The highest BCUT2D eigenvalue weighted by molar-refractivity contribution is 7.22. The summed E-state index contributed by atoms with van der Waals surface area (Å²) in [7, 11) is 0. The Morgan fingerprint density at radius 2 is 1.70 bits per heavy atom. The van der Waals surface area contributed by atoms with E-state index in [0.29, 0.717) is 5.69 Å². The number of carbonyl (C=O) groups excluding carboxylic acids is 1. The predicted octanol–water partition coefficient (Wildman–Crippen LogP) is 7.45. The number of hydrogen-bond donors (Lipinski definition) is 2. The van der Waals surface area contributed by atoms with E-state index in [4.69, 9.17) is 4.74 Å². The van der Waals surface area contributed by atoms with E-state index in [1.54, 1.807) is 12.3 Å². The standard InChI is InChI=1S/C31H30N4O2S.2ClH/c36-31(28-15-16-32-34-28)33-24-11-9-23(10-12-24)30-27(26-5-1-2-6-29(26)38-30)21-22-7-13-25(14-8-22)37-20-19-35-17-3-4-18-35;;/h1-2,5-16H,3-4,17-21H2,(H,32,34)(H,33,36);2*1H. The molecular weight excluding hydrogens is 563 g/mol. The third-order valence-electron chi connectivity index (χ3n) is 7.02. The molecule has 6 nitrogen and oxygen atoms in total. The van der Waals surface area contributed by atoms with Crippen molar-refractivity contribution in [1.29, 1.82) is 0 Å². The molecule has 0 aliphatic carbocycles. The van der Waals surface area contributed by atoms with Crippen molar-refractivity contribution in [3.8, 4) is 16.2 Å². The van der Waals surface area contributed by atoms with Crippen LogP contribution in [-0.2, 0) is 6.42 Å². The van der Waals surface area contributed by atoms with Gasteiger partial charge >= 0.3 is 0 Å². The van der Waals surface area contributed by atoms with Crippen LogP contribution in [0.25, 0.3) is 20.5 Å². The number of aromatic nitrogens is 2. The molecule has 0 radical (unpaired) electrons. The quantitative estimate of drug-likeness (QED) is 0.186. The van der Waals surface area contributed by atoms with Crippen molar-refractivity contribution in [1.82, 2.24) is 15.1 Å². The Bertz CT molecular complexity index is 1510. The van der Waals surface area contributed by atoms with E-state index < -0.39 is 0 Å². The molecule has 2 aromatic heterocycles. The molecule has 0 saturated carbocycles. The smallest absolute Gasteiger partial charge is 0.276 e. The minimum atomic E-state index is -0.231. The van der Waals surface area contributed by atoms with Crippen LogP contribution >= 0.6 is 36.2 Å². The third kappa shape index (κ3) is 6.85. The summed E-state index contributed by atoms with van der Waals surface area (Å²) in [5.41, 5.74) is 4.82. The number of fused-ring (bicyclic) bond motifs is 1. The van der Waals surface area contributed by atoms with Gasteiger partial charge in [-0.1, -0.05) is 42.5 Å². The van der Waals surface area contributed by atoms with Gasteiger partial charge < -0.3 is 10.1 Å². The van der Waals surface area contributed by atoms with Crippen LogP contribution in [0.4, 0.5) is 5.69 Å². The summed E-state index contributed by atoms with van der Waals surface area (Å²) in [4.78, 5) is 16.1. The fourth-order valence-electron chi connectivity index (χ4n) is 5.00. The number of hydrogen-bond acceptors (Lipinski definition) is 5. The minimum Gasteiger partial charge on any atom is -0.492 e. The lowest BCUT2D eigenvalue weighted by Crippen LogP contribution is -2.25. The Morgan fingerprint density at radius 1 is 0.950 bits per heavy atom. The number of benzene rings is 3. The Labute approximate surface area is 250 Å². The summed E-state index contributed by atoms with van der Waals surface area (Å²) in [5.74, 6) is 0.695. The normalized spacial score (nSPS) is 13.0. The van der Waals surface area contributed by atoms with Crippen molar-refractivity contribution in [3.63, 3.8) is 0 Å². The van der Waals surface area contributed by atoms with Crippen molar-refractivity contribution in [2.45, 2.75) is 19.3 Å². The number of ether oxygens (including phenoxy) is 1. The summed E-state index contributed by atoms with van der Waals surface area (Å²) < 4.78 is 7.28. The van der Waals surface area contributed by atoms with Gasteiger partial charge in [-0.2, -0.15) is 5.10 Å². The zero-order valence-electron chi connectivity index (χ0n) is 22.0. The van der Waals surface area contributed by atoms with Gasteiger partial charge in [0.25, 0.3) is 5.91 Å². The summed E-state index contributed by atoms with van der Waals surface area (Å²) >= 11 is 1.81. The molecule has 1 fully saturated rings. The fourth-order valence-corrected chi connectivity index (χ4v) is 6.23. The van der Waals surface area contributed by atoms with Gasteiger partial charge in [-0.05, 0) is 90.8 Å². The molecule has 0 bridgehead atoms. The number of carbonyl (C=O) groups is 1. The van der Waals surface area contributed by atoms with Crippen LogP contribution in [-0.4, -0.2) is 47.2 Å². The molecule has 1 aliphatic heterocycles. The molecule has 0 spiro atoms. The van der Waals surface area contributed by atoms with E-state index >= 15 is 0 Å². The predicted molar refractivity (Wildman–Crippen MR) is 169 cm³/mol. The van der Waals surface area contributed by atoms with Crippen LogP contribution in [0, 0.1) is 0 Å². The third-order valence-corrected chi connectivity index (χ3v) is 8.28. The van der Waals surface area contributed by atoms with Crippen LogP contribution < -0.4 is 10.1 Å².